The van der Waals surface area contributed by atoms with Crippen molar-refractivity contribution in [3.63, 3.8) is 0 Å². The first-order valence-electron chi connectivity index (χ1n) is 11.8. The lowest BCUT2D eigenvalue weighted by molar-refractivity contribution is 0.0554. The van der Waals surface area contributed by atoms with Crippen LogP contribution in [0.4, 0.5) is 10.2 Å². The highest BCUT2D eigenvalue weighted by atomic mass is 19.1. The van der Waals surface area contributed by atoms with Gasteiger partial charge in [0, 0.05) is 61.8 Å². The number of fused-ring (bicyclic) bond motifs is 1. The molecule has 0 amide bonds. The van der Waals surface area contributed by atoms with Crippen LogP contribution in [0.5, 0.6) is 0 Å². The van der Waals surface area contributed by atoms with Gasteiger partial charge in [0.25, 0.3) is 0 Å². The Hall–Kier alpha value is -1.99. The maximum Gasteiger partial charge on any atom is 0.215 e. The quantitative estimate of drug-likeness (QED) is 0.705. The summed E-state index contributed by atoms with van der Waals surface area (Å²) in [5.74, 6) is 0.896. The monoisotopic (exact) mass is 427 g/mol. The number of pyridine rings is 1. The second kappa shape index (κ2) is 8.51. The Morgan fingerprint density at radius 1 is 1.26 bits per heavy atom. The molecule has 31 heavy (non-hydrogen) atoms. The predicted molar refractivity (Wildman–Crippen MR) is 120 cm³/mol. The SMILES string of the molecule is CC1(C)CCc2c(-c3cc(F)nc(N[C@@H]4CCN(CC5CCOCC5)C4)c3)n[nH]c2C1. The second-order valence-electron chi connectivity index (χ2n) is 10.4. The number of hydrogen-bond acceptors (Lipinski definition) is 5. The largest absolute Gasteiger partial charge is 0.381 e. The van der Waals surface area contributed by atoms with E-state index in [1.807, 2.05) is 6.07 Å². The standard InChI is InChI=1S/C24H34FN5O/c1-24(2)7-3-19-20(13-24)28-29-23(19)17-11-21(25)27-22(12-17)26-18-4-8-30(15-18)14-16-5-9-31-10-6-16/h11-12,16,18H,3-10,13-15H2,1-2H3,(H,26,27)(H,28,29)/t18-/m1/s1. The lowest BCUT2D eigenvalue weighted by Gasteiger charge is -2.29. The highest BCUT2D eigenvalue weighted by molar-refractivity contribution is 5.67. The molecule has 1 aliphatic carbocycles. The van der Waals surface area contributed by atoms with E-state index in [1.165, 1.54) is 17.3 Å². The van der Waals surface area contributed by atoms with Crippen LogP contribution in [0, 0.1) is 17.3 Å². The Kier molecular flexibility index (Phi) is 5.73. The second-order valence-corrected chi connectivity index (χ2v) is 10.4. The highest BCUT2D eigenvalue weighted by Crippen LogP contribution is 2.38. The first kappa shape index (κ1) is 20.9. The van der Waals surface area contributed by atoms with Crippen LogP contribution < -0.4 is 5.32 Å². The van der Waals surface area contributed by atoms with Crippen molar-refractivity contribution in [1.82, 2.24) is 20.1 Å². The summed E-state index contributed by atoms with van der Waals surface area (Å²) in [6.07, 6.45) is 6.46. The van der Waals surface area contributed by atoms with Gasteiger partial charge in [-0.1, -0.05) is 13.8 Å². The number of nitrogens with zero attached hydrogens (tertiary/aromatic N) is 3. The summed E-state index contributed by atoms with van der Waals surface area (Å²) < 4.78 is 19.9. The molecule has 7 heteroatoms. The van der Waals surface area contributed by atoms with Crippen LogP contribution in [0.3, 0.4) is 0 Å². The van der Waals surface area contributed by atoms with E-state index < -0.39 is 5.95 Å². The average Bonchev–Trinajstić information content (AvgIpc) is 3.34. The molecular weight excluding hydrogens is 393 g/mol. The summed E-state index contributed by atoms with van der Waals surface area (Å²) in [7, 11) is 0. The molecule has 168 valence electrons. The molecule has 2 aromatic heterocycles. The molecule has 3 aliphatic rings. The number of aromatic amines is 1. The predicted octanol–water partition coefficient (Wildman–Crippen LogP) is 4.04. The third-order valence-corrected chi connectivity index (χ3v) is 7.21. The smallest absolute Gasteiger partial charge is 0.215 e. The van der Waals surface area contributed by atoms with Crippen molar-refractivity contribution in [2.75, 3.05) is 38.2 Å². The van der Waals surface area contributed by atoms with Gasteiger partial charge < -0.3 is 15.0 Å². The van der Waals surface area contributed by atoms with E-state index in [2.05, 4.69) is 39.2 Å². The van der Waals surface area contributed by atoms with Gasteiger partial charge in [-0.25, -0.2) is 4.98 Å². The van der Waals surface area contributed by atoms with Crippen molar-refractivity contribution in [2.45, 2.75) is 58.4 Å². The number of rotatable bonds is 5. The molecule has 2 saturated heterocycles. The summed E-state index contributed by atoms with van der Waals surface area (Å²) in [5.41, 5.74) is 4.40. The number of H-pyrrole nitrogens is 1. The van der Waals surface area contributed by atoms with Crippen LogP contribution in [0.25, 0.3) is 11.3 Å². The van der Waals surface area contributed by atoms with Gasteiger partial charge in [0.05, 0.1) is 5.69 Å². The summed E-state index contributed by atoms with van der Waals surface area (Å²) in [5, 5.41) is 11.3. The first-order valence-corrected chi connectivity index (χ1v) is 11.8. The number of nitrogens with one attached hydrogen (secondary N) is 2. The molecule has 5 rings (SSSR count). The van der Waals surface area contributed by atoms with Crippen molar-refractivity contribution in [1.29, 1.82) is 0 Å². The average molecular weight is 428 g/mol. The van der Waals surface area contributed by atoms with Crippen LogP contribution in [0.2, 0.25) is 0 Å². The van der Waals surface area contributed by atoms with Gasteiger partial charge in [0.2, 0.25) is 5.95 Å². The molecule has 2 fully saturated rings. The maximum absolute atomic E-state index is 14.4. The lowest BCUT2D eigenvalue weighted by Crippen LogP contribution is -2.32. The number of aromatic nitrogens is 3. The minimum absolute atomic E-state index is 0.284. The number of likely N-dealkylation sites (tertiary alicyclic amines) is 1. The van der Waals surface area contributed by atoms with Crippen LogP contribution in [-0.4, -0.2) is 59.0 Å². The van der Waals surface area contributed by atoms with Gasteiger partial charge in [-0.3, -0.25) is 5.10 Å². The fraction of sp³-hybridized carbons (Fsp3) is 0.667. The Morgan fingerprint density at radius 2 is 2.10 bits per heavy atom. The van der Waals surface area contributed by atoms with Crippen LogP contribution >= 0.6 is 0 Å². The van der Waals surface area contributed by atoms with E-state index in [0.29, 0.717) is 11.9 Å². The molecule has 0 radical (unpaired) electrons. The zero-order valence-corrected chi connectivity index (χ0v) is 18.7. The van der Waals surface area contributed by atoms with Crippen LogP contribution in [0.1, 0.15) is 50.8 Å². The summed E-state index contributed by atoms with van der Waals surface area (Å²) in [6.45, 7) is 9.57. The zero-order valence-electron chi connectivity index (χ0n) is 18.7. The Bertz CT molecular complexity index is 921. The molecule has 0 bridgehead atoms. The summed E-state index contributed by atoms with van der Waals surface area (Å²) in [4.78, 5) is 6.66. The topological polar surface area (TPSA) is 66.1 Å². The highest BCUT2D eigenvalue weighted by Gasteiger charge is 2.30. The van der Waals surface area contributed by atoms with E-state index in [4.69, 9.17) is 4.74 Å². The van der Waals surface area contributed by atoms with E-state index in [9.17, 15) is 4.39 Å². The van der Waals surface area contributed by atoms with Gasteiger partial charge in [-0.15, -0.1) is 0 Å². The fourth-order valence-corrected chi connectivity index (χ4v) is 5.41. The van der Waals surface area contributed by atoms with Gasteiger partial charge in [0.15, 0.2) is 0 Å². The molecule has 0 aromatic carbocycles. The number of anilines is 1. The Labute approximate surface area is 184 Å². The van der Waals surface area contributed by atoms with E-state index in [-0.39, 0.29) is 5.41 Å². The molecule has 2 aromatic rings. The van der Waals surface area contributed by atoms with E-state index in [1.54, 1.807) is 0 Å². The molecule has 2 N–H and O–H groups in total. The molecule has 2 aliphatic heterocycles. The van der Waals surface area contributed by atoms with Crippen LogP contribution in [0.15, 0.2) is 12.1 Å². The van der Waals surface area contributed by atoms with Gasteiger partial charge in [0.1, 0.15) is 5.82 Å². The minimum Gasteiger partial charge on any atom is -0.381 e. The Balaban J connectivity index is 1.26. The normalized spacial score (nSPS) is 24.3. The number of hydrogen-bond donors (Lipinski definition) is 2. The number of ether oxygens (including phenoxy) is 1. The van der Waals surface area contributed by atoms with Gasteiger partial charge in [-0.2, -0.15) is 9.49 Å². The maximum atomic E-state index is 14.4. The molecular formula is C24H34FN5O. The van der Waals surface area contributed by atoms with E-state index >= 15 is 0 Å². The molecule has 0 unspecified atom stereocenters. The Morgan fingerprint density at radius 3 is 2.94 bits per heavy atom. The minimum atomic E-state index is -0.454. The first-order chi connectivity index (χ1) is 14.9. The van der Waals surface area contributed by atoms with Crippen molar-refractivity contribution >= 4 is 5.82 Å². The fourth-order valence-electron chi connectivity index (χ4n) is 5.41. The summed E-state index contributed by atoms with van der Waals surface area (Å²) >= 11 is 0. The molecule has 0 saturated carbocycles. The summed E-state index contributed by atoms with van der Waals surface area (Å²) in [6, 6.07) is 3.77. The molecule has 0 spiro atoms. The molecule has 4 heterocycles. The lowest BCUT2D eigenvalue weighted by atomic mass is 9.76. The van der Waals surface area contributed by atoms with Gasteiger partial charge >= 0.3 is 0 Å². The van der Waals surface area contributed by atoms with Crippen molar-refractivity contribution in [2.24, 2.45) is 11.3 Å². The third kappa shape index (κ3) is 4.77. The third-order valence-electron chi connectivity index (χ3n) is 7.21. The van der Waals surface area contributed by atoms with Crippen molar-refractivity contribution < 1.29 is 9.13 Å². The molecule has 6 nitrogen and oxygen atoms in total. The number of halogens is 1. The van der Waals surface area contributed by atoms with Gasteiger partial charge in [-0.05, 0) is 55.9 Å². The van der Waals surface area contributed by atoms with Crippen molar-refractivity contribution in [3.8, 4) is 11.3 Å². The van der Waals surface area contributed by atoms with E-state index in [0.717, 1.165) is 88.5 Å². The van der Waals surface area contributed by atoms with Crippen molar-refractivity contribution in [3.05, 3.63) is 29.3 Å². The van der Waals surface area contributed by atoms with Crippen LogP contribution in [-0.2, 0) is 17.6 Å². The molecule has 1 atom stereocenters. The zero-order chi connectivity index (χ0) is 21.4.